The fraction of sp³-hybridized carbons (Fsp3) is 0.800. The van der Waals surface area contributed by atoms with Gasteiger partial charge in [0.2, 0.25) is 0 Å². The number of thioether (sulfide) groups is 1. The lowest BCUT2D eigenvalue weighted by Gasteiger charge is -2.24. The van der Waals surface area contributed by atoms with E-state index in [0.717, 1.165) is 6.54 Å². The van der Waals surface area contributed by atoms with Crippen molar-refractivity contribution in [2.24, 2.45) is 0 Å². The monoisotopic (exact) mass is 185 g/mol. The minimum Gasteiger partial charge on any atom is -0.297 e. The molecule has 70 valence electrons. The molecule has 0 aromatic carbocycles. The van der Waals surface area contributed by atoms with Crippen LogP contribution in [-0.2, 0) is 0 Å². The first kappa shape index (κ1) is 10.1. The van der Waals surface area contributed by atoms with Crippen LogP contribution >= 0.6 is 11.8 Å². The van der Waals surface area contributed by atoms with Crippen LogP contribution in [-0.4, -0.2) is 35.5 Å². The van der Waals surface area contributed by atoms with E-state index in [1.165, 1.54) is 24.5 Å². The Morgan fingerprint density at radius 1 is 1.33 bits per heavy atom. The topological polar surface area (TPSA) is 3.24 Å². The lowest BCUT2D eigenvalue weighted by atomic mass is 10.3. The molecule has 0 radical (unpaired) electrons. The molecule has 1 rings (SSSR count). The summed E-state index contributed by atoms with van der Waals surface area (Å²) < 4.78 is 0. The lowest BCUT2D eigenvalue weighted by Crippen LogP contribution is -2.32. The molecule has 0 N–H and O–H groups in total. The molecule has 1 aliphatic rings. The van der Waals surface area contributed by atoms with Crippen molar-refractivity contribution in [3.8, 4) is 0 Å². The molecule has 0 aliphatic carbocycles. The van der Waals surface area contributed by atoms with Crippen molar-refractivity contribution < 1.29 is 0 Å². The molecule has 0 spiro atoms. The van der Waals surface area contributed by atoms with Gasteiger partial charge in [0.05, 0.1) is 0 Å². The number of nitrogens with zero attached hydrogens (tertiary/aromatic N) is 1. The van der Waals surface area contributed by atoms with E-state index in [-0.39, 0.29) is 0 Å². The highest BCUT2D eigenvalue weighted by Gasteiger charge is 2.07. The summed E-state index contributed by atoms with van der Waals surface area (Å²) in [5, 5.41) is 0. The minimum absolute atomic E-state index is 0.692. The predicted octanol–water partition coefficient (Wildman–Crippen LogP) is 2.39. The summed E-state index contributed by atoms with van der Waals surface area (Å²) in [5.74, 6) is 2.51. The summed E-state index contributed by atoms with van der Waals surface area (Å²) >= 11 is 2.04. The van der Waals surface area contributed by atoms with Gasteiger partial charge < -0.3 is 0 Å². The Morgan fingerprint density at radius 3 is 2.92 bits per heavy atom. The third-order valence-corrected chi connectivity index (χ3v) is 3.19. The summed E-state index contributed by atoms with van der Waals surface area (Å²) in [6.45, 7) is 6.95. The maximum atomic E-state index is 2.53. The quantitative estimate of drug-likeness (QED) is 0.577. The molecule has 0 atom stereocenters. The van der Waals surface area contributed by atoms with Crippen LogP contribution in [0, 0.1) is 0 Å². The largest absolute Gasteiger partial charge is 0.297 e. The fourth-order valence-electron chi connectivity index (χ4n) is 1.36. The molecule has 0 saturated heterocycles. The summed E-state index contributed by atoms with van der Waals surface area (Å²) in [6.07, 6.45) is 5.94. The van der Waals surface area contributed by atoms with Crippen LogP contribution in [0.1, 0.15) is 20.3 Å². The number of hydrogen-bond acceptors (Lipinski definition) is 2. The molecule has 0 amide bonds. The molecular weight excluding hydrogens is 166 g/mol. The van der Waals surface area contributed by atoms with Crippen molar-refractivity contribution in [2.45, 2.75) is 26.3 Å². The van der Waals surface area contributed by atoms with Gasteiger partial charge >= 0.3 is 0 Å². The van der Waals surface area contributed by atoms with E-state index in [1.807, 2.05) is 11.8 Å². The molecule has 0 saturated carbocycles. The van der Waals surface area contributed by atoms with Gasteiger partial charge in [-0.05, 0) is 32.6 Å². The van der Waals surface area contributed by atoms with E-state index in [9.17, 15) is 0 Å². The van der Waals surface area contributed by atoms with Gasteiger partial charge in [0.15, 0.2) is 0 Å². The standard InChI is InChI=1S/C10H19NS/c1-10(2)11-6-3-4-8-12-9-5-7-11/h3-4,10H,5-9H2,1-2H3/b4-3-. The van der Waals surface area contributed by atoms with Crippen molar-refractivity contribution in [2.75, 3.05) is 24.6 Å². The molecule has 1 aliphatic heterocycles. The Morgan fingerprint density at radius 2 is 2.17 bits per heavy atom. The average molecular weight is 185 g/mol. The Hall–Kier alpha value is 0.0500. The smallest absolute Gasteiger partial charge is 0.0166 e. The first-order valence-electron chi connectivity index (χ1n) is 4.77. The second-order valence-electron chi connectivity index (χ2n) is 3.49. The van der Waals surface area contributed by atoms with Crippen molar-refractivity contribution in [3.05, 3.63) is 12.2 Å². The van der Waals surface area contributed by atoms with Gasteiger partial charge in [0.1, 0.15) is 0 Å². The Kier molecular flexibility index (Phi) is 4.77. The maximum Gasteiger partial charge on any atom is 0.0166 e. The Labute approximate surface area is 80.2 Å². The van der Waals surface area contributed by atoms with Crippen LogP contribution < -0.4 is 0 Å². The van der Waals surface area contributed by atoms with Crippen molar-refractivity contribution in [1.82, 2.24) is 4.90 Å². The molecule has 0 unspecified atom stereocenters. The third-order valence-electron chi connectivity index (χ3n) is 2.18. The fourth-order valence-corrected chi connectivity index (χ4v) is 2.13. The SMILES string of the molecule is CC(C)N1C/C=C\CSCCC1. The summed E-state index contributed by atoms with van der Waals surface area (Å²) in [6, 6.07) is 0.692. The van der Waals surface area contributed by atoms with E-state index in [2.05, 4.69) is 30.9 Å². The van der Waals surface area contributed by atoms with Crippen LogP contribution in [0.15, 0.2) is 12.2 Å². The zero-order valence-corrected chi connectivity index (χ0v) is 8.94. The first-order valence-corrected chi connectivity index (χ1v) is 5.93. The van der Waals surface area contributed by atoms with E-state index in [4.69, 9.17) is 0 Å². The van der Waals surface area contributed by atoms with Gasteiger partial charge in [0, 0.05) is 18.3 Å². The highest BCUT2D eigenvalue weighted by molar-refractivity contribution is 7.99. The van der Waals surface area contributed by atoms with E-state index in [1.54, 1.807) is 0 Å². The van der Waals surface area contributed by atoms with Crippen LogP contribution in [0.3, 0.4) is 0 Å². The zero-order chi connectivity index (χ0) is 8.81. The Balaban J connectivity index is 2.38. The van der Waals surface area contributed by atoms with E-state index in [0.29, 0.717) is 6.04 Å². The first-order chi connectivity index (χ1) is 5.80. The van der Waals surface area contributed by atoms with Gasteiger partial charge in [0.25, 0.3) is 0 Å². The van der Waals surface area contributed by atoms with Crippen LogP contribution in [0.2, 0.25) is 0 Å². The van der Waals surface area contributed by atoms with Crippen LogP contribution in [0.25, 0.3) is 0 Å². The van der Waals surface area contributed by atoms with Crippen LogP contribution in [0.4, 0.5) is 0 Å². The number of hydrogen-bond donors (Lipinski definition) is 0. The summed E-state index contributed by atoms with van der Waals surface area (Å²) in [4.78, 5) is 2.53. The van der Waals surface area contributed by atoms with Gasteiger partial charge in [-0.15, -0.1) is 0 Å². The molecule has 0 aromatic rings. The maximum absolute atomic E-state index is 2.53. The third kappa shape index (κ3) is 3.63. The van der Waals surface area contributed by atoms with Crippen LogP contribution in [0.5, 0.6) is 0 Å². The van der Waals surface area contributed by atoms with Gasteiger partial charge in [-0.1, -0.05) is 12.2 Å². The summed E-state index contributed by atoms with van der Waals surface area (Å²) in [7, 11) is 0. The molecule has 0 bridgehead atoms. The van der Waals surface area contributed by atoms with Crippen molar-refractivity contribution in [3.63, 3.8) is 0 Å². The lowest BCUT2D eigenvalue weighted by molar-refractivity contribution is 0.247. The molecule has 0 fully saturated rings. The molecule has 1 heterocycles. The molecule has 0 aromatic heterocycles. The number of rotatable bonds is 1. The highest BCUT2D eigenvalue weighted by atomic mass is 32.2. The highest BCUT2D eigenvalue weighted by Crippen LogP contribution is 2.08. The van der Waals surface area contributed by atoms with Gasteiger partial charge in [-0.2, -0.15) is 11.8 Å². The molecular formula is C10H19NS. The summed E-state index contributed by atoms with van der Waals surface area (Å²) in [5.41, 5.74) is 0. The van der Waals surface area contributed by atoms with Crippen molar-refractivity contribution >= 4 is 11.8 Å². The average Bonchev–Trinajstić information content (AvgIpc) is 2.15. The van der Waals surface area contributed by atoms with Crippen molar-refractivity contribution in [1.29, 1.82) is 0 Å². The van der Waals surface area contributed by atoms with Gasteiger partial charge in [-0.25, -0.2) is 0 Å². The van der Waals surface area contributed by atoms with E-state index >= 15 is 0 Å². The second-order valence-corrected chi connectivity index (χ2v) is 4.64. The Bertz CT molecular complexity index is 143. The normalized spacial score (nSPS) is 24.6. The predicted molar refractivity (Wildman–Crippen MR) is 57.8 cm³/mol. The van der Waals surface area contributed by atoms with Gasteiger partial charge in [-0.3, -0.25) is 4.90 Å². The molecule has 2 heteroatoms. The second kappa shape index (κ2) is 5.65. The molecule has 1 nitrogen and oxygen atoms in total. The zero-order valence-electron chi connectivity index (χ0n) is 8.12. The van der Waals surface area contributed by atoms with E-state index < -0.39 is 0 Å². The molecule has 12 heavy (non-hydrogen) atoms. The minimum atomic E-state index is 0.692.